The minimum atomic E-state index is -0.00263. The molecule has 0 saturated heterocycles. The van der Waals surface area contributed by atoms with Crippen LogP contribution >= 0.6 is 0 Å². The Morgan fingerprint density at radius 1 is 1.57 bits per heavy atom. The molecule has 0 aliphatic heterocycles. The van der Waals surface area contributed by atoms with Crippen LogP contribution in [0.15, 0.2) is 12.2 Å². The molecule has 0 spiro atoms. The van der Waals surface area contributed by atoms with E-state index in [0.29, 0.717) is 5.92 Å². The van der Waals surface area contributed by atoms with Gasteiger partial charge in [0, 0.05) is 12.6 Å². The van der Waals surface area contributed by atoms with Crippen molar-refractivity contribution in [3.8, 4) is 0 Å². The molecule has 1 amide bonds. The highest BCUT2D eigenvalue weighted by atomic mass is 16.1. The van der Waals surface area contributed by atoms with Gasteiger partial charge in [0.15, 0.2) is 0 Å². The van der Waals surface area contributed by atoms with Gasteiger partial charge in [-0.1, -0.05) is 26.0 Å². The van der Waals surface area contributed by atoms with Crippen LogP contribution < -0.4 is 11.1 Å². The second-order valence-corrected chi connectivity index (χ2v) is 4.36. The van der Waals surface area contributed by atoms with Crippen molar-refractivity contribution in [3.63, 3.8) is 0 Å². The van der Waals surface area contributed by atoms with E-state index < -0.39 is 0 Å². The number of nitrogens with one attached hydrogen (secondary N) is 1. The normalized spacial score (nSPS) is 25.7. The maximum atomic E-state index is 11.6. The van der Waals surface area contributed by atoms with E-state index in [0.717, 1.165) is 19.4 Å². The maximum absolute atomic E-state index is 11.6. The molecular weight excluding hydrogens is 176 g/mol. The zero-order valence-corrected chi connectivity index (χ0v) is 8.99. The first kappa shape index (κ1) is 11.2. The third-order valence-electron chi connectivity index (χ3n) is 2.47. The summed E-state index contributed by atoms with van der Waals surface area (Å²) in [5.74, 6) is 0.753. The van der Waals surface area contributed by atoms with Crippen LogP contribution in [0.25, 0.3) is 0 Å². The van der Waals surface area contributed by atoms with E-state index in [1.54, 1.807) is 0 Å². The first-order valence-electron chi connectivity index (χ1n) is 5.31. The Hall–Kier alpha value is -0.830. The first-order valence-corrected chi connectivity index (χ1v) is 5.31. The van der Waals surface area contributed by atoms with Crippen molar-refractivity contribution in [1.29, 1.82) is 0 Å². The molecule has 0 aromatic carbocycles. The lowest BCUT2D eigenvalue weighted by Crippen LogP contribution is -2.31. The first-order chi connectivity index (χ1) is 6.59. The Kier molecular flexibility index (Phi) is 4.14. The van der Waals surface area contributed by atoms with E-state index in [2.05, 4.69) is 19.2 Å². The number of amides is 1. The van der Waals surface area contributed by atoms with E-state index >= 15 is 0 Å². The second kappa shape index (κ2) is 5.15. The van der Waals surface area contributed by atoms with Gasteiger partial charge in [-0.15, -0.1) is 0 Å². The summed E-state index contributed by atoms with van der Waals surface area (Å²) in [6.07, 6.45) is 5.61. The highest BCUT2D eigenvalue weighted by Crippen LogP contribution is 2.16. The molecule has 80 valence electrons. The lowest BCUT2D eigenvalue weighted by atomic mass is 10.1. The highest BCUT2D eigenvalue weighted by Gasteiger charge is 2.21. The number of carbonyl (C=O) groups excluding carboxylic acids is 1. The molecule has 3 nitrogen and oxygen atoms in total. The smallest absolute Gasteiger partial charge is 0.226 e. The molecule has 2 unspecified atom stereocenters. The quantitative estimate of drug-likeness (QED) is 0.660. The van der Waals surface area contributed by atoms with Gasteiger partial charge in [0.25, 0.3) is 0 Å². The van der Waals surface area contributed by atoms with Crippen molar-refractivity contribution in [2.24, 2.45) is 17.6 Å². The molecular formula is C11H20N2O. The summed E-state index contributed by atoms with van der Waals surface area (Å²) < 4.78 is 0. The molecule has 1 aliphatic rings. The van der Waals surface area contributed by atoms with Gasteiger partial charge < -0.3 is 11.1 Å². The van der Waals surface area contributed by atoms with Crippen LogP contribution in [-0.2, 0) is 4.79 Å². The van der Waals surface area contributed by atoms with Gasteiger partial charge in [0.05, 0.1) is 5.92 Å². The molecule has 0 aromatic heterocycles. The molecule has 3 N–H and O–H groups in total. The van der Waals surface area contributed by atoms with E-state index in [-0.39, 0.29) is 17.9 Å². The molecule has 0 saturated carbocycles. The van der Waals surface area contributed by atoms with Crippen LogP contribution in [0.5, 0.6) is 0 Å². The monoisotopic (exact) mass is 196 g/mol. The fourth-order valence-corrected chi connectivity index (χ4v) is 1.54. The summed E-state index contributed by atoms with van der Waals surface area (Å²) in [5.41, 5.74) is 5.67. The molecule has 14 heavy (non-hydrogen) atoms. The molecule has 0 radical (unpaired) electrons. The van der Waals surface area contributed by atoms with Crippen LogP contribution in [0.4, 0.5) is 0 Å². The standard InChI is InChI=1S/C11H20N2O/c1-8(2)5-6-13-11(14)9-3-4-10(12)7-9/h3-4,8-10H,5-7,12H2,1-2H3,(H,13,14). The third-order valence-corrected chi connectivity index (χ3v) is 2.47. The van der Waals surface area contributed by atoms with Crippen LogP contribution in [-0.4, -0.2) is 18.5 Å². The van der Waals surface area contributed by atoms with Crippen molar-refractivity contribution < 1.29 is 4.79 Å². The Bertz CT molecular complexity index is 223. The van der Waals surface area contributed by atoms with Gasteiger partial charge in [-0.05, 0) is 18.8 Å². The SMILES string of the molecule is CC(C)CCNC(=O)C1C=CC(N)C1. The summed E-state index contributed by atoms with van der Waals surface area (Å²) >= 11 is 0. The van der Waals surface area contributed by atoms with Crippen LogP contribution in [0.2, 0.25) is 0 Å². The summed E-state index contributed by atoms with van der Waals surface area (Å²) in [7, 11) is 0. The number of rotatable bonds is 4. The van der Waals surface area contributed by atoms with E-state index in [4.69, 9.17) is 5.73 Å². The fourth-order valence-electron chi connectivity index (χ4n) is 1.54. The topological polar surface area (TPSA) is 55.1 Å². The number of carbonyl (C=O) groups is 1. The number of hydrogen-bond acceptors (Lipinski definition) is 2. The molecule has 0 aromatic rings. The third kappa shape index (κ3) is 3.50. The van der Waals surface area contributed by atoms with Crippen molar-refractivity contribution in [2.75, 3.05) is 6.54 Å². The van der Waals surface area contributed by atoms with E-state index in [9.17, 15) is 4.79 Å². The Morgan fingerprint density at radius 2 is 2.29 bits per heavy atom. The van der Waals surface area contributed by atoms with Gasteiger partial charge >= 0.3 is 0 Å². The number of nitrogens with two attached hydrogens (primary N) is 1. The van der Waals surface area contributed by atoms with Gasteiger partial charge in [-0.2, -0.15) is 0 Å². The zero-order chi connectivity index (χ0) is 10.6. The molecule has 0 bridgehead atoms. The molecule has 3 heteroatoms. The fraction of sp³-hybridized carbons (Fsp3) is 0.727. The van der Waals surface area contributed by atoms with Gasteiger partial charge in [0.1, 0.15) is 0 Å². The average Bonchev–Trinajstić information content (AvgIpc) is 2.51. The van der Waals surface area contributed by atoms with Crippen molar-refractivity contribution in [3.05, 3.63) is 12.2 Å². The predicted molar refractivity (Wildman–Crippen MR) is 57.7 cm³/mol. The van der Waals surface area contributed by atoms with Gasteiger partial charge in [-0.3, -0.25) is 4.79 Å². The Balaban J connectivity index is 2.19. The summed E-state index contributed by atoms with van der Waals surface area (Å²) in [6.45, 7) is 5.07. The second-order valence-electron chi connectivity index (χ2n) is 4.36. The molecule has 1 rings (SSSR count). The van der Waals surface area contributed by atoms with Crippen molar-refractivity contribution >= 4 is 5.91 Å². The Morgan fingerprint density at radius 3 is 2.79 bits per heavy atom. The molecule has 0 fully saturated rings. The average molecular weight is 196 g/mol. The summed E-state index contributed by atoms with van der Waals surface area (Å²) in [4.78, 5) is 11.6. The van der Waals surface area contributed by atoms with Crippen molar-refractivity contribution in [1.82, 2.24) is 5.32 Å². The lowest BCUT2D eigenvalue weighted by Gasteiger charge is -2.11. The van der Waals surface area contributed by atoms with E-state index in [1.165, 1.54) is 0 Å². The van der Waals surface area contributed by atoms with Crippen molar-refractivity contribution in [2.45, 2.75) is 32.7 Å². The lowest BCUT2D eigenvalue weighted by molar-refractivity contribution is -0.123. The predicted octanol–water partition coefficient (Wildman–Crippen LogP) is 1.05. The highest BCUT2D eigenvalue weighted by molar-refractivity contribution is 5.81. The van der Waals surface area contributed by atoms with Gasteiger partial charge in [0.2, 0.25) is 5.91 Å². The number of hydrogen-bond donors (Lipinski definition) is 2. The molecule has 1 aliphatic carbocycles. The minimum absolute atomic E-state index is 0.00263. The maximum Gasteiger partial charge on any atom is 0.226 e. The van der Waals surface area contributed by atoms with E-state index in [1.807, 2.05) is 12.2 Å². The largest absolute Gasteiger partial charge is 0.356 e. The summed E-state index contributed by atoms with van der Waals surface area (Å²) in [6, 6.07) is 0.0656. The van der Waals surface area contributed by atoms with Crippen LogP contribution in [0.1, 0.15) is 26.7 Å². The van der Waals surface area contributed by atoms with Crippen LogP contribution in [0.3, 0.4) is 0 Å². The summed E-state index contributed by atoms with van der Waals surface area (Å²) in [5, 5.41) is 2.93. The van der Waals surface area contributed by atoms with Gasteiger partial charge in [-0.25, -0.2) is 0 Å². The Labute approximate surface area is 85.7 Å². The molecule has 0 heterocycles. The zero-order valence-electron chi connectivity index (χ0n) is 8.99. The molecule has 2 atom stereocenters. The van der Waals surface area contributed by atoms with Crippen LogP contribution in [0, 0.1) is 11.8 Å². The minimum Gasteiger partial charge on any atom is -0.356 e.